The first-order valence-corrected chi connectivity index (χ1v) is 4.51. The molecule has 0 fully saturated rings. The van der Waals surface area contributed by atoms with Crippen LogP contribution in [0.2, 0.25) is 0 Å². The van der Waals surface area contributed by atoms with E-state index < -0.39 is 0 Å². The van der Waals surface area contributed by atoms with Crippen molar-refractivity contribution in [3.63, 3.8) is 0 Å². The molecule has 0 aliphatic rings. The molecule has 14 heavy (non-hydrogen) atoms. The van der Waals surface area contributed by atoms with Gasteiger partial charge in [0.25, 0.3) is 0 Å². The first kappa shape index (κ1) is 8.97. The molecule has 2 aromatic rings. The van der Waals surface area contributed by atoms with Crippen molar-refractivity contribution in [2.45, 2.75) is 13.5 Å². The van der Waals surface area contributed by atoms with Gasteiger partial charge in [-0.15, -0.1) is 0 Å². The van der Waals surface area contributed by atoms with Crippen molar-refractivity contribution >= 4 is 0 Å². The Morgan fingerprint density at radius 1 is 1.36 bits per heavy atom. The number of nitrogens with two attached hydrogens (primary N) is 1. The van der Waals surface area contributed by atoms with Crippen molar-refractivity contribution in [1.29, 1.82) is 0 Å². The molecule has 1 aromatic heterocycles. The molecule has 0 aliphatic heterocycles. The third kappa shape index (κ3) is 1.54. The summed E-state index contributed by atoms with van der Waals surface area (Å²) in [7, 11) is 0. The van der Waals surface area contributed by atoms with E-state index in [2.05, 4.69) is 4.98 Å². The number of hydrogen-bond donors (Lipinski definition) is 1. The molecule has 2 rings (SSSR count). The average molecular weight is 188 g/mol. The average Bonchev–Trinajstić information content (AvgIpc) is 2.67. The van der Waals surface area contributed by atoms with Crippen LogP contribution in [0.3, 0.4) is 0 Å². The minimum absolute atomic E-state index is 0.339. The Morgan fingerprint density at radius 2 is 2.14 bits per heavy atom. The molecule has 72 valence electrons. The van der Waals surface area contributed by atoms with Gasteiger partial charge in [-0.2, -0.15) is 0 Å². The quantitative estimate of drug-likeness (QED) is 0.785. The Kier molecular flexibility index (Phi) is 2.33. The second-order valence-corrected chi connectivity index (χ2v) is 3.15. The fourth-order valence-corrected chi connectivity index (χ4v) is 1.39. The first-order chi connectivity index (χ1) is 6.81. The highest BCUT2D eigenvalue weighted by Gasteiger charge is 2.06. The van der Waals surface area contributed by atoms with Crippen molar-refractivity contribution in [2.24, 2.45) is 5.73 Å². The summed E-state index contributed by atoms with van der Waals surface area (Å²) in [6.45, 7) is 2.39. The van der Waals surface area contributed by atoms with Crippen LogP contribution < -0.4 is 5.73 Å². The van der Waals surface area contributed by atoms with E-state index in [-0.39, 0.29) is 0 Å². The summed E-state index contributed by atoms with van der Waals surface area (Å²) in [5, 5.41) is 0. The largest absolute Gasteiger partial charge is 0.447 e. The molecule has 0 bridgehead atoms. The van der Waals surface area contributed by atoms with E-state index in [1.165, 1.54) is 5.56 Å². The van der Waals surface area contributed by atoms with Crippen LogP contribution in [0, 0.1) is 6.92 Å². The minimum atomic E-state index is 0.339. The molecular formula is C11H12N2O. The van der Waals surface area contributed by atoms with Crippen molar-refractivity contribution < 1.29 is 4.42 Å². The molecule has 0 spiro atoms. The molecule has 0 saturated heterocycles. The third-order valence-electron chi connectivity index (χ3n) is 2.15. The van der Waals surface area contributed by atoms with Gasteiger partial charge in [-0.05, 0) is 12.5 Å². The van der Waals surface area contributed by atoms with Gasteiger partial charge >= 0.3 is 0 Å². The second kappa shape index (κ2) is 3.64. The van der Waals surface area contributed by atoms with E-state index in [0.29, 0.717) is 12.4 Å². The number of nitrogens with zero attached hydrogens (tertiary/aromatic N) is 1. The summed E-state index contributed by atoms with van der Waals surface area (Å²) in [4.78, 5) is 4.27. The maximum atomic E-state index is 5.42. The van der Waals surface area contributed by atoms with Crippen LogP contribution in [-0.2, 0) is 6.54 Å². The maximum Gasteiger partial charge on any atom is 0.208 e. The Morgan fingerprint density at radius 3 is 2.79 bits per heavy atom. The summed E-state index contributed by atoms with van der Waals surface area (Å²) in [6.07, 6.45) is 1.64. The number of hydrogen-bond acceptors (Lipinski definition) is 3. The molecule has 0 radical (unpaired) electrons. The predicted molar refractivity (Wildman–Crippen MR) is 54.6 cm³/mol. The normalized spacial score (nSPS) is 10.4. The van der Waals surface area contributed by atoms with Gasteiger partial charge in [0.2, 0.25) is 5.89 Å². The molecule has 1 heterocycles. The van der Waals surface area contributed by atoms with Crippen molar-refractivity contribution in [3.8, 4) is 11.3 Å². The van der Waals surface area contributed by atoms with Crippen molar-refractivity contribution in [3.05, 3.63) is 42.0 Å². The van der Waals surface area contributed by atoms with Crippen LogP contribution >= 0.6 is 0 Å². The van der Waals surface area contributed by atoms with Crippen LogP contribution in [0.15, 0.2) is 34.9 Å². The van der Waals surface area contributed by atoms with Gasteiger partial charge in [0.1, 0.15) is 12.0 Å². The highest BCUT2D eigenvalue weighted by molar-refractivity contribution is 5.62. The van der Waals surface area contributed by atoms with Gasteiger partial charge in [-0.1, -0.05) is 24.3 Å². The molecule has 0 unspecified atom stereocenters. The fraction of sp³-hybridized carbons (Fsp3) is 0.182. The number of oxazole rings is 1. The van der Waals surface area contributed by atoms with Gasteiger partial charge in [0, 0.05) is 5.56 Å². The lowest BCUT2D eigenvalue weighted by atomic mass is 10.1. The van der Waals surface area contributed by atoms with Crippen LogP contribution in [-0.4, -0.2) is 4.98 Å². The zero-order valence-electron chi connectivity index (χ0n) is 8.03. The van der Waals surface area contributed by atoms with E-state index >= 15 is 0 Å². The lowest BCUT2D eigenvalue weighted by Gasteiger charge is -1.99. The monoisotopic (exact) mass is 188 g/mol. The Hall–Kier alpha value is -1.61. The molecule has 3 nitrogen and oxygen atoms in total. The van der Waals surface area contributed by atoms with Crippen molar-refractivity contribution in [1.82, 2.24) is 4.98 Å². The number of benzene rings is 1. The summed E-state index contributed by atoms with van der Waals surface area (Å²) >= 11 is 0. The number of aromatic nitrogens is 1. The predicted octanol–water partition coefficient (Wildman–Crippen LogP) is 2.11. The second-order valence-electron chi connectivity index (χ2n) is 3.15. The van der Waals surface area contributed by atoms with E-state index in [9.17, 15) is 0 Å². The smallest absolute Gasteiger partial charge is 0.208 e. The van der Waals surface area contributed by atoms with E-state index in [1.54, 1.807) is 6.26 Å². The molecule has 0 aliphatic carbocycles. The molecule has 2 N–H and O–H groups in total. The van der Waals surface area contributed by atoms with Gasteiger partial charge in [0.15, 0.2) is 0 Å². The van der Waals surface area contributed by atoms with Crippen LogP contribution in [0.1, 0.15) is 11.5 Å². The molecule has 1 aromatic carbocycles. The zero-order valence-corrected chi connectivity index (χ0v) is 8.03. The highest BCUT2D eigenvalue weighted by atomic mass is 16.3. The molecule has 0 amide bonds. The maximum absolute atomic E-state index is 5.42. The van der Waals surface area contributed by atoms with E-state index in [0.717, 1.165) is 11.3 Å². The van der Waals surface area contributed by atoms with Crippen LogP contribution in [0.4, 0.5) is 0 Å². The minimum Gasteiger partial charge on any atom is -0.447 e. The lowest BCUT2D eigenvalue weighted by Crippen LogP contribution is -1.95. The van der Waals surface area contributed by atoms with Gasteiger partial charge in [-0.25, -0.2) is 4.98 Å². The number of aryl methyl sites for hydroxylation is 1. The lowest BCUT2D eigenvalue weighted by molar-refractivity contribution is 0.498. The summed E-state index contributed by atoms with van der Waals surface area (Å²) in [6, 6.07) is 8.06. The SMILES string of the molecule is Cc1ccccc1-c1coc(CN)n1. The zero-order chi connectivity index (χ0) is 9.97. The molecule has 0 saturated carbocycles. The topological polar surface area (TPSA) is 52.0 Å². The number of rotatable bonds is 2. The van der Waals surface area contributed by atoms with Crippen molar-refractivity contribution in [2.75, 3.05) is 0 Å². The highest BCUT2D eigenvalue weighted by Crippen LogP contribution is 2.21. The van der Waals surface area contributed by atoms with E-state index in [4.69, 9.17) is 10.2 Å². The van der Waals surface area contributed by atoms with Gasteiger partial charge in [0.05, 0.1) is 6.54 Å². The Labute approximate surface area is 82.6 Å². The summed E-state index contributed by atoms with van der Waals surface area (Å²) < 4.78 is 5.19. The molecule has 3 heteroatoms. The summed E-state index contributed by atoms with van der Waals surface area (Å²) in [5.41, 5.74) is 8.55. The van der Waals surface area contributed by atoms with E-state index in [1.807, 2.05) is 31.2 Å². The third-order valence-corrected chi connectivity index (χ3v) is 2.15. The fourth-order valence-electron chi connectivity index (χ4n) is 1.39. The Bertz CT molecular complexity index is 434. The molecule has 0 atom stereocenters. The van der Waals surface area contributed by atoms with Crippen LogP contribution in [0.25, 0.3) is 11.3 Å². The van der Waals surface area contributed by atoms with Gasteiger partial charge in [-0.3, -0.25) is 0 Å². The first-order valence-electron chi connectivity index (χ1n) is 4.51. The molecular weight excluding hydrogens is 176 g/mol. The standard InChI is InChI=1S/C11H12N2O/c1-8-4-2-3-5-9(8)10-7-14-11(6-12)13-10/h2-5,7H,6,12H2,1H3. The van der Waals surface area contributed by atoms with Gasteiger partial charge < -0.3 is 10.2 Å². The Balaban J connectivity index is 2.44. The van der Waals surface area contributed by atoms with Crippen LogP contribution in [0.5, 0.6) is 0 Å². The summed E-state index contributed by atoms with van der Waals surface area (Å²) in [5.74, 6) is 0.572.